The van der Waals surface area contributed by atoms with Crippen molar-refractivity contribution >= 4 is 23.2 Å². The van der Waals surface area contributed by atoms with Crippen LogP contribution in [0.15, 0.2) is 6.33 Å². The number of rotatable bonds is 3. The predicted molar refractivity (Wildman–Crippen MR) is 86.7 cm³/mol. The van der Waals surface area contributed by atoms with E-state index < -0.39 is 0 Å². The third-order valence-electron chi connectivity index (χ3n) is 4.71. The highest BCUT2D eigenvalue weighted by atomic mass is 35.5. The van der Waals surface area contributed by atoms with Gasteiger partial charge in [-0.15, -0.1) is 0 Å². The van der Waals surface area contributed by atoms with Gasteiger partial charge in [0.25, 0.3) is 0 Å². The summed E-state index contributed by atoms with van der Waals surface area (Å²) in [4.78, 5) is 13.0. The molecule has 1 aliphatic heterocycles. The van der Waals surface area contributed by atoms with Crippen LogP contribution in [0.25, 0.3) is 0 Å². The highest BCUT2D eigenvalue weighted by Crippen LogP contribution is 2.28. The highest BCUT2D eigenvalue weighted by Gasteiger charge is 2.23. The summed E-state index contributed by atoms with van der Waals surface area (Å²) in [6.45, 7) is 5.34. The average molecular weight is 310 g/mol. The lowest BCUT2D eigenvalue weighted by Gasteiger charge is -2.38. The fourth-order valence-corrected chi connectivity index (χ4v) is 3.69. The van der Waals surface area contributed by atoms with Crippen molar-refractivity contribution in [2.24, 2.45) is 5.92 Å². The molecule has 2 heterocycles. The van der Waals surface area contributed by atoms with Crippen LogP contribution < -0.4 is 10.6 Å². The lowest BCUT2D eigenvalue weighted by atomic mass is 9.89. The summed E-state index contributed by atoms with van der Waals surface area (Å²) in [6, 6.07) is 0. The molecule has 0 atom stereocenters. The molecule has 2 N–H and O–H groups in total. The van der Waals surface area contributed by atoms with Gasteiger partial charge in [-0.1, -0.05) is 30.9 Å². The minimum atomic E-state index is 0.367. The number of halogens is 1. The number of anilines is 2. The van der Waals surface area contributed by atoms with Crippen molar-refractivity contribution in [2.75, 3.05) is 43.4 Å². The van der Waals surface area contributed by atoms with Crippen LogP contribution in [0, 0.1) is 5.92 Å². The zero-order valence-electron chi connectivity index (χ0n) is 12.5. The Morgan fingerprint density at radius 2 is 1.81 bits per heavy atom. The number of hydrogen-bond donors (Lipinski definition) is 1. The van der Waals surface area contributed by atoms with E-state index in [-0.39, 0.29) is 0 Å². The van der Waals surface area contributed by atoms with Gasteiger partial charge in [-0.25, -0.2) is 9.97 Å². The summed E-state index contributed by atoms with van der Waals surface area (Å²) < 4.78 is 0. The molecule has 2 aliphatic rings. The van der Waals surface area contributed by atoms with Crippen LogP contribution in [0.3, 0.4) is 0 Å². The Bertz CT molecular complexity index is 467. The fraction of sp³-hybridized carbons (Fsp3) is 0.733. The second-order valence-electron chi connectivity index (χ2n) is 6.19. The Labute approximate surface area is 131 Å². The van der Waals surface area contributed by atoms with E-state index >= 15 is 0 Å². The predicted octanol–water partition coefficient (Wildman–Crippen LogP) is 2.41. The van der Waals surface area contributed by atoms with Crippen LogP contribution in [0.1, 0.15) is 32.1 Å². The molecule has 2 fully saturated rings. The third kappa shape index (κ3) is 3.58. The zero-order valence-corrected chi connectivity index (χ0v) is 13.2. The highest BCUT2D eigenvalue weighted by molar-refractivity contribution is 6.35. The molecule has 1 saturated heterocycles. The van der Waals surface area contributed by atoms with E-state index in [0.29, 0.717) is 10.8 Å². The van der Waals surface area contributed by atoms with Crippen LogP contribution in [0.2, 0.25) is 5.02 Å². The van der Waals surface area contributed by atoms with Crippen LogP contribution in [-0.4, -0.2) is 47.6 Å². The molecule has 6 heteroatoms. The summed E-state index contributed by atoms with van der Waals surface area (Å²) in [5.74, 6) is 2.05. The van der Waals surface area contributed by atoms with Crippen molar-refractivity contribution in [2.45, 2.75) is 32.1 Å². The zero-order chi connectivity index (χ0) is 14.7. The van der Waals surface area contributed by atoms with E-state index in [1.807, 2.05) is 0 Å². The monoisotopic (exact) mass is 309 g/mol. The van der Waals surface area contributed by atoms with E-state index in [1.54, 1.807) is 0 Å². The molecule has 1 saturated carbocycles. The lowest BCUT2D eigenvalue weighted by molar-refractivity contribution is 0.192. The Balaban J connectivity index is 1.53. The lowest BCUT2D eigenvalue weighted by Crippen LogP contribution is -2.48. The minimum absolute atomic E-state index is 0.367. The summed E-state index contributed by atoms with van der Waals surface area (Å²) in [5, 5.41) is 0.484. The molecule has 116 valence electrons. The van der Waals surface area contributed by atoms with Gasteiger partial charge < -0.3 is 10.6 Å². The molecular formula is C15H24ClN5. The first-order valence-electron chi connectivity index (χ1n) is 7.97. The van der Waals surface area contributed by atoms with Gasteiger partial charge in [-0.05, 0) is 18.8 Å². The molecule has 5 nitrogen and oxygen atoms in total. The van der Waals surface area contributed by atoms with Gasteiger partial charge >= 0.3 is 0 Å². The molecular weight excluding hydrogens is 286 g/mol. The number of nitrogen functional groups attached to an aromatic ring is 1. The van der Waals surface area contributed by atoms with Gasteiger partial charge in [-0.2, -0.15) is 0 Å². The number of nitrogens with zero attached hydrogens (tertiary/aromatic N) is 4. The van der Waals surface area contributed by atoms with Gasteiger partial charge in [-0.3, -0.25) is 4.90 Å². The Hall–Kier alpha value is -1.07. The van der Waals surface area contributed by atoms with E-state index in [2.05, 4.69) is 19.8 Å². The van der Waals surface area contributed by atoms with Crippen molar-refractivity contribution in [3.8, 4) is 0 Å². The van der Waals surface area contributed by atoms with Gasteiger partial charge in [0.15, 0.2) is 5.82 Å². The number of hydrogen-bond acceptors (Lipinski definition) is 5. The Morgan fingerprint density at radius 3 is 2.52 bits per heavy atom. The molecule has 0 unspecified atom stereocenters. The van der Waals surface area contributed by atoms with Crippen LogP contribution in [-0.2, 0) is 0 Å². The molecule has 0 radical (unpaired) electrons. The van der Waals surface area contributed by atoms with E-state index in [9.17, 15) is 0 Å². The average Bonchev–Trinajstić information content (AvgIpc) is 2.52. The van der Waals surface area contributed by atoms with E-state index in [4.69, 9.17) is 17.3 Å². The molecule has 1 aliphatic carbocycles. The standard InChI is InChI=1S/C15H24ClN5/c16-13-14(17)18-11-19-15(13)21-8-6-20(7-9-21)10-12-4-2-1-3-5-12/h11-12H,1-10H2,(H2,17,18,19). The summed E-state index contributed by atoms with van der Waals surface area (Å²) in [5.41, 5.74) is 5.76. The van der Waals surface area contributed by atoms with Gasteiger partial charge in [0.05, 0.1) is 0 Å². The first-order valence-corrected chi connectivity index (χ1v) is 8.35. The number of nitrogens with two attached hydrogens (primary N) is 1. The quantitative estimate of drug-likeness (QED) is 0.929. The SMILES string of the molecule is Nc1ncnc(N2CCN(CC3CCCCC3)CC2)c1Cl. The van der Waals surface area contributed by atoms with Gasteiger partial charge in [0.2, 0.25) is 0 Å². The second kappa shape index (κ2) is 6.79. The summed E-state index contributed by atoms with van der Waals surface area (Å²) >= 11 is 6.21. The van der Waals surface area contributed by atoms with E-state index in [1.165, 1.54) is 45.0 Å². The van der Waals surface area contributed by atoms with Crippen molar-refractivity contribution in [1.29, 1.82) is 0 Å². The van der Waals surface area contributed by atoms with Crippen LogP contribution in [0.5, 0.6) is 0 Å². The molecule has 1 aromatic rings. The van der Waals surface area contributed by atoms with Crippen molar-refractivity contribution in [3.05, 3.63) is 11.3 Å². The largest absolute Gasteiger partial charge is 0.382 e. The Kier molecular flexibility index (Phi) is 4.80. The normalized spacial score (nSPS) is 21.7. The maximum atomic E-state index is 6.21. The maximum absolute atomic E-state index is 6.21. The van der Waals surface area contributed by atoms with Gasteiger partial charge in [0, 0.05) is 32.7 Å². The number of piperazine rings is 1. The second-order valence-corrected chi connectivity index (χ2v) is 6.57. The van der Waals surface area contributed by atoms with Crippen molar-refractivity contribution in [1.82, 2.24) is 14.9 Å². The number of aromatic nitrogens is 2. The third-order valence-corrected chi connectivity index (χ3v) is 5.07. The first kappa shape index (κ1) is 14.9. The summed E-state index contributed by atoms with van der Waals surface area (Å²) in [6.07, 6.45) is 8.58. The first-order chi connectivity index (χ1) is 10.2. The van der Waals surface area contributed by atoms with Crippen molar-refractivity contribution < 1.29 is 0 Å². The van der Waals surface area contributed by atoms with Crippen molar-refractivity contribution in [3.63, 3.8) is 0 Å². The maximum Gasteiger partial charge on any atom is 0.153 e. The van der Waals surface area contributed by atoms with Crippen LogP contribution >= 0.6 is 11.6 Å². The molecule has 0 amide bonds. The van der Waals surface area contributed by atoms with Gasteiger partial charge in [0.1, 0.15) is 17.2 Å². The minimum Gasteiger partial charge on any atom is -0.382 e. The molecule has 0 bridgehead atoms. The topological polar surface area (TPSA) is 58.3 Å². The molecule has 0 aromatic carbocycles. The molecule has 3 rings (SSSR count). The smallest absolute Gasteiger partial charge is 0.153 e. The Morgan fingerprint density at radius 1 is 1.10 bits per heavy atom. The molecule has 0 spiro atoms. The molecule has 1 aromatic heterocycles. The summed E-state index contributed by atoms with van der Waals surface area (Å²) in [7, 11) is 0. The van der Waals surface area contributed by atoms with Crippen LogP contribution in [0.4, 0.5) is 11.6 Å². The van der Waals surface area contributed by atoms with E-state index in [0.717, 1.165) is 37.9 Å². The molecule has 21 heavy (non-hydrogen) atoms. The fourth-order valence-electron chi connectivity index (χ4n) is 3.47.